The number of hydrogen-bond acceptors (Lipinski definition) is 3. The first-order chi connectivity index (χ1) is 8.13. The first-order valence-corrected chi connectivity index (χ1v) is 5.12. The minimum absolute atomic E-state index is 0.343. The number of amides is 1. The molecule has 0 aliphatic carbocycles. The van der Waals surface area contributed by atoms with E-state index in [1.807, 2.05) is 31.2 Å². The molecule has 1 aromatic carbocycles. The fourth-order valence-electron chi connectivity index (χ4n) is 1.67. The van der Waals surface area contributed by atoms with Gasteiger partial charge in [-0.25, -0.2) is 0 Å². The number of nitrogens with zero attached hydrogens (tertiary/aromatic N) is 1. The van der Waals surface area contributed by atoms with E-state index in [0.717, 1.165) is 22.6 Å². The summed E-state index contributed by atoms with van der Waals surface area (Å²) in [4.78, 5) is 11.1. The SMILES string of the molecule is COc1ccc(-c2n[nH]c(C(N)=O)c2C)cc1. The molecule has 0 spiro atoms. The van der Waals surface area contributed by atoms with Crippen molar-refractivity contribution in [2.45, 2.75) is 6.92 Å². The molecule has 0 saturated carbocycles. The molecular weight excluding hydrogens is 218 g/mol. The second-order valence-corrected chi connectivity index (χ2v) is 3.66. The van der Waals surface area contributed by atoms with Crippen LogP contribution in [0.15, 0.2) is 24.3 Å². The Balaban J connectivity index is 2.42. The molecule has 1 aromatic heterocycles. The van der Waals surface area contributed by atoms with Crippen molar-refractivity contribution in [2.75, 3.05) is 7.11 Å². The molecule has 0 fully saturated rings. The van der Waals surface area contributed by atoms with Crippen LogP contribution in [0.2, 0.25) is 0 Å². The average Bonchev–Trinajstić information content (AvgIpc) is 2.71. The molecule has 88 valence electrons. The number of methoxy groups -OCH3 is 1. The highest BCUT2D eigenvalue weighted by Crippen LogP contribution is 2.24. The monoisotopic (exact) mass is 231 g/mol. The van der Waals surface area contributed by atoms with Gasteiger partial charge in [0.2, 0.25) is 0 Å². The van der Waals surface area contributed by atoms with Crippen LogP contribution in [0, 0.1) is 6.92 Å². The minimum atomic E-state index is -0.505. The standard InChI is InChI=1S/C12H13N3O2/c1-7-10(14-15-11(7)12(13)16)8-3-5-9(17-2)6-4-8/h3-6H,1-2H3,(H2,13,16)(H,14,15). The zero-order valence-corrected chi connectivity index (χ0v) is 9.65. The maximum atomic E-state index is 11.1. The Labute approximate surface area is 98.6 Å². The Kier molecular flexibility index (Phi) is 2.82. The number of primary amides is 1. The van der Waals surface area contributed by atoms with E-state index in [0.29, 0.717) is 5.69 Å². The zero-order chi connectivity index (χ0) is 12.4. The number of aromatic amines is 1. The summed E-state index contributed by atoms with van der Waals surface area (Å²) >= 11 is 0. The third kappa shape index (κ3) is 1.99. The predicted molar refractivity (Wildman–Crippen MR) is 63.8 cm³/mol. The molecule has 1 heterocycles. The van der Waals surface area contributed by atoms with Crippen molar-refractivity contribution in [3.8, 4) is 17.0 Å². The van der Waals surface area contributed by atoms with Gasteiger partial charge in [0, 0.05) is 11.1 Å². The number of nitrogens with two attached hydrogens (primary N) is 1. The van der Waals surface area contributed by atoms with Crippen LogP contribution in [0.4, 0.5) is 0 Å². The number of hydrogen-bond donors (Lipinski definition) is 2. The molecule has 1 amide bonds. The fourth-order valence-corrected chi connectivity index (χ4v) is 1.67. The summed E-state index contributed by atoms with van der Waals surface area (Å²) in [6, 6.07) is 7.44. The van der Waals surface area contributed by atoms with Gasteiger partial charge < -0.3 is 10.5 Å². The Morgan fingerprint density at radius 2 is 2.00 bits per heavy atom. The van der Waals surface area contributed by atoms with Gasteiger partial charge in [0.05, 0.1) is 12.8 Å². The first-order valence-electron chi connectivity index (χ1n) is 5.12. The molecule has 2 rings (SSSR count). The lowest BCUT2D eigenvalue weighted by Crippen LogP contribution is -2.12. The van der Waals surface area contributed by atoms with Crippen molar-refractivity contribution in [1.82, 2.24) is 10.2 Å². The number of benzene rings is 1. The lowest BCUT2D eigenvalue weighted by Gasteiger charge is -2.01. The van der Waals surface area contributed by atoms with E-state index in [9.17, 15) is 4.79 Å². The molecule has 2 aromatic rings. The van der Waals surface area contributed by atoms with Crippen molar-refractivity contribution in [2.24, 2.45) is 5.73 Å². The van der Waals surface area contributed by atoms with Crippen molar-refractivity contribution in [3.63, 3.8) is 0 Å². The summed E-state index contributed by atoms with van der Waals surface area (Å²) < 4.78 is 5.08. The van der Waals surface area contributed by atoms with Crippen LogP contribution in [-0.4, -0.2) is 23.2 Å². The van der Waals surface area contributed by atoms with Crippen molar-refractivity contribution in [3.05, 3.63) is 35.5 Å². The molecule has 0 bridgehead atoms. The highest BCUT2D eigenvalue weighted by molar-refractivity contribution is 5.94. The van der Waals surface area contributed by atoms with E-state index in [-0.39, 0.29) is 0 Å². The third-order valence-corrected chi connectivity index (χ3v) is 2.62. The number of rotatable bonds is 3. The van der Waals surface area contributed by atoms with Crippen LogP contribution in [0.25, 0.3) is 11.3 Å². The fraction of sp³-hybridized carbons (Fsp3) is 0.167. The summed E-state index contributed by atoms with van der Waals surface area (Å²) in [5.41, 5.74) is 7.95. The van der Waals surface area contributed by atoms with Gasteiger partial charge in [-0.2, -0.15) is 5.10 Å². The second kappa shape index (κ2) is 4.29. The van der Waals surface area contributed by atoms with Crippen molar-refractivity contribution in [1.29, 1.82) is 0 Å². The Hall–Kier alpha value is -2.30. The molecule has 0 aliphatic rings. The van der Waals surface area contributed by atoms with Crippen molar-refractivity contribution < 1.29 is 9.53 Å². The number of carbonyl (C=O) groups excluding carboxylic acids is 1. The molecular formula is C12H13N3O2. The second-order valence-electron chi connectivity index (χ2n) is 3.66. The van der Waals surface area contributed by atoms with E-state index in [1.165, 1.54) is 0 Å². The van der Waals surface area contributed by atoms with Gasteiger partial charge in [-0.05, 0) is 31.2 Å². The van der Waals surface area contributed by atoms with Gasteiger partial charge in [0.15, 0.2) is 0 Å². The number of nitrogens with one attached hydrogen (secondary N) is 1. The Morgan fingerprint density at radius 1 is 1.35 bits per heavy atom. The topological polar surface area (TPSA) is 81.0 Å². The van der Waals surface area contributed by atoms with E-state index < -0.39 is 5.91 Å². The lowest BCUT2D eigenvalue weighted by molar-refractivity contribution is 0.0995. The number of aromatic nitrogens is 2. The Morgan fingerprint density at radius 3 is 2.47 bits per heavy atom. The normalized spacial score (nSPS) is 10.2. The van der Waals surface area contributed by atoms with E-state index in [4.69, 9.17) is 10.5 Å². The summed E-state index contributed by atoms with van der Waals surface area (Å²) in [6.45, 7) is 1.81. The van der Waals surface area contributed by atoms with Crippen LogP contribution < -0.4 is 10.5 Å². The summed E-state index contributed by atoms with van der Waals surface area (Å²) in [5, 5.41) is 6.74. The van der Waals surface area contributed by atoms with Crippen molar-refractivity contribution >= 4 is 5.91 Å². The molecule has 0 atom stereocenters. The van der Waals surface area contributed by atoms with Crippen LogP contribution in [0.1, 0.15) is 16.1 Å². The van der Waals surface area contributed by atoms with Crippen LogP contribution in [0.5, 0.6) is 5.75 Å². The maximum Gasteiger partial charge on any atom is 0.267 e. The molecule has 5 nitrogen and oxygen atoms in total. The predicted octanol–water partition coefficient (Wildman–Crippen LogP) is 1.49. The Bertz CT molecular complexity index is 543. The first kappa shape index (κ1) is 11.2. The number of carbonyl (C=O) groups is 1. The molecule has 0 radical (unpaired) electrons. The molecule has 0 saturated heterocycles. The third-order valence-electron chi connectivity index (χ3n) is 2.62. The number of H-pyrrole nitrogens is 1. The van der Waals surface area contributed by atoms with E-state index in [2.05, 4.69) is 10.2 Å². The summed E-state index contributed by atoms with van der Waals surface area (Å²) in [5.74, 6) is 0.270. The van der Waals surface area contributed by atoms with Gasteiger partial charge in [0.1, 0.15) is 11.4 Å². The van der Waals surface area contributed by atoms with Gasteiger partial charge >= 0.3 is 0 Å². The van der Waals surface area contributed by atoms with Gasteiger partial charge in [0.25, 0.3) is 5.91 Å². The quantitative estimate of drug-likeness (QED) is 0.839. The minimum Gasteiger partial charge on any atom is -0.497 e. The molecule has 17 heavy (non-hydrogen) atoms. The number of ether oxygens (including phenoxy) is 1. The summed E-state index contributed by atoms with van der Waals surface area (Å²) in [7, 11) is 1.61. The highest BCUT2D eigenvalue weighted by Gasteiger charge is 2.14. The lowest BCUT2D eigenvalue weighted by atomic mass is 10.1. The molecule has 3 N–H and O–H groups in total. The van der Waals surface area contributed by atoms with Gasteiger partial charge in [-0.1, -0.05) is 0 Å². The van der Waals surface area contributed by atoms with E-state index in [1.54, 1.807) is 7.11 Å². The maximum absolute atomic E-state index is 11.1. The van der Waals surface area contributed by atoms with Crippen LogP contribution >= 0.6 is 0 Å². The van der Waals surface area contributed by atoms with Gasteiger partial charge in [-0.15, -0.1) is 0 Å². The zero-order valence-electron chi connectivity index (χ0n) is 9.65. The summed E-state index contributed by atoms with van der Waals surface area (Å²) in [6.07, 6.45) is 0. The highest BCUT2D eigenvalue weighted by atomic mass is 16.5. The molecule has 0 unspecified atom stereocenters. The largest absolute Gasteiger partial charge is 0.497 e. The van der Waals surface area contributed by atoms with Gasteiger partial charge in [-0.3, -0.25) is 9.89 Å². The smallest absolute Gasteiger partial charge is 0.267 e. The molecule has 0 aliphatic heterocycles. The molecule has 5 heteroatoms. The average molecular weight is 231 g/mol. The van der Waals surface area contributed by atoms with Crippen LogP contribution in [-0.2, 0) is 0 Å². The van der Waals surface area contributed by atoms with Crippen LogP contribution in [0.3, 0.4) is 0 Å². The van der Waals surface area contributed by atoms with E-state index >= 15 is 0 Å².